The highest BCUT2D eigenvalue weighted by atomic mass is 16.5. The third kappa shape index (κ3) is 4.23. The zero-order chi connectivity index (χ0) is 14.5. The first kappa shape index (κ1) is 13.8. The molecule has 1 heterocycles. The highest BCUT2D eigenvalue weighted by Gasteiger charge is 2.23. The Morgan fingerprint density at radius 3 is 2.75 bits per heavy atom. The van der Waals surface area contributed by atoms with Crippen LogP contribution in [0.3, 0.4) is 0 Å². The molecular formula is C12H13N3O5. The Kier molecular flexibility index (Phi) is 4.14. The molecule has 3 N–H and O–H groups in total. The van der Waals surface area contributed by atoms with Crippen molar-refractivity contribution in [3.63, 3.8) is 0 Å². The van der Waals surface area contributed by atoms with E-state index in [9.17, 15) is 14.4 Å². The van der Waals surface area contributed by atoms with Gasteiger partial charge in [-0.05, 0) is 18.9 Å². The van der Waals surface area contributed by atoms with Crippen molar-refractivity contribution in [1.29, 1.82) is 0 Å². The van der Waals surface area contributed by atoms with E-state index in [0.717, 1.165) is 12.8 Å². The maximum Gasteiger partial charge on any atom is 0.337 e. The van der Waals surface area contributed by atoms with E-state index in [1.807, 2.05) is 0 Å². The van der Waals surface area contributed by atoms with E-state index in [2.05, 4.69) is 15.6 Å². The van der Waals surface area contributed by atoms with Crippen LogP contribution in [0, 0.1) is 0 Å². The van der Waals surface area contributed by atoms with Gasteiger partial charge in [0.1, 0.15) is 5.75 Å². The molecule has 20 heavy (non-hydrogen) atoms. The molecule has 1 aliphatic rings. The number of carboxylic acids is 1. The van der Waals surface area contributed by atoms with Crippen LogP contribution >= 0.6 is 0 Å². The Labute approximate surface area is 114 Å². The second-order valence-electron chi connectivity index (χ2n) is 4.30. The lowest BCUT2D eigenvalue weighted by atomic mass is 10.3. The third-order valence-electron chi connectivity index (χ3n) is 2.50. The molecule has 8 nitrogen and oxygen atoms in total. The number of rotatable bonds is 5. The van der Waals surface area contributed by atoms with Gasteiger partial charge in [-0.3, -0.25) is 15.1 Å². The van der Waals surface area contributed by atoms with Crippen LogP contribution in [0.25, 0.3) is 0 Å². The predicted molar refractivity (Wildman–Crippen MR) is 66.4 cm³/mol. The van der Waals surface area contributed by atoms with Gasteiger partial charge in [0.25, 0.3) is 5.91 Å². The molecule has 2 rings (SSSR count). The number of ether oxygens (including phenoxy) is 1. The average molecular weight is 279 g/mol. The topological polar surface area (TPSA) is 118 Å². The molecule has 0 saturated heterocycles. The molecule has 0 aromatic carbocycles. The van der Waals surface area contributed by atoms with Crippen LogP contribution in [0.15, 0.2) is 18.5 Å². The fourth-order valence-electron chi connectivity index (χ4n) is 1.38. The van der Waals surface area contributed by atoms with Crippen LogP contribution in [0.2, 0.25) is 0 Å². The van der Waals surface area contributed by atoms with Gasteiger partial charge in [0.15, 0.2) is 6.61 Å². The molecule has 1 aromatic rings. The molecule has 0 bridgehead atoms. The molecule has 1 aliphatic carbocycles. The van der Waals surface area contributed by atoms with E-state index in [0.29, 0.717) is 0 Å². The maximum absolute atomic E-state index is 11.4. The number of hydrogen-bond acceptors (Lipinski definition) is 5. The average Bonchev–Trinajstić information content (AvgIpc) is 3.20. The zero-order valence-corrected chi connectivity index (χ0v) is 10.5. The van der Waals surface area contributed by atoms with E-state index in [1.54, 1.807) is 0 Å². The summed E-state index contributed by atoms with van der Waals surface area (Å²) in [5.74, 6) is -1.62. The molecule has 0 aliphatic heterocycles. The molecular weight excluding hydrogens is 266 g/mol. The van der Waals surface area contributed by atoms with Crippen LogP contribution in [-0.4, -0.2) is 40.6 Å². The minimum atomic E-state index is -1.14. The van der Waals surface area contributed by atoms with E-state index >= 15 is 0 Å². The first-order chi connectivity index (χ1) is 9.54. The van der Waals surface area contributed by atoms with Crippen molar-refractivity contribution < 1.29 is 24.2 Å². The molecule has 0 spiro atoms. The fourth-order valence-corrected chi connectivity index (χ4v) is 1.38. The van der Waals surface area contributed by atoms with E-state index in [4.69, 9.17) is 9.84 Å². The summed E-state index contributed by atoms with van der Waals surface area (Å²) in [6.07, 6.45) is 4.29. The quantitative estimate of drug-likeness (QED) is 0.706. The van der Waals surface area contributed by atoms with Crippen molar-refractivity contribution in [1.82, 2.24) is 15.6 Å². The van der Waals surface area contributed by atoms with E-state index < -0.39 is 24.5 Å². The SMILES string of the molecule is O=C(COc1cncc(C(=O)O)c1)NC(=O)NC1CC1. The van der Waals surface area contributed by atoms with Gasteiger partial charge in [-0.15, -0.1) is 0 Å². The number of nitrogens with one attached hydrogen (secondary N) is 2. The normalized spacial score (nSPS) is 13.4. The molecule has 1 fully saturated rings. The number of carboxylic acid groups (broad SMARTS) is 1. The summed E-state index contributed by atoms with van der Waals surface area (Å²) in [5.41, 5.74) is -0.0469. The smallest absolute Gasteiger partial charge is 0.337 e. The van der Waals surface area contributed by atoms with Crippen molar-refractivity contribution in [3.8, 4) is 5.75 Å². The Hall–Kier alpha value is -2.64. The highest BCUT2D eigenvalue weighted by Crippen LogP contribution is 2.18. The number of urea groups is 1. The van der Waals surface area contributed by atoms with Crippen LogP contribution in [0.4, 0.5) is 4.79 Å². The van der Waals surface area contributed by atoms with Crippen molar-refractivity contribution in [2.45, 2.75) is 18.9 Å². The molecule has 0 atom stereocenters. The van der Waals surface area contributed by atoms with E-state index in [1.165, 1.54) is 18.5 Å². The zero-order valence-electron chi connectivity index (χ0n) is 10.5. The Bertz CT molecular complexity index is 542. The summed E-state index contributed by atoms with van der Waals surface area (Å²) in [7, 11) is 0. The molecule has 8 heteroatoms. The van der Waals surface area contributed by atoms with Gasteiger partial charge < -0.3 is 15.2 Å². The van der Waals surface area contributed by atoms with Crippen LogP contribution in [0.5, 0.6) is 5.75 Å². The molecule has 1 saturated carbocycles. The van der Waals surface area contributed by atoms with Gasteiger partial charge >= 0.3 is 12.0 Å². The van der Waals surface area contributed by atoms with Crippen LogP contribution < -0.4 is 15.4 Å². The fraction of sp³-hybridized carbons (Fsp3) is 0.333. The summed E-state index contributed by atoms with van der Waals surface area (Å²) in [6.45, 7) is -0.400. The number of aromatic carboxylic acids is 1. The predicted octanol–water partition coefficient (Wildman–Crippen LogP) is 0.147. The number of pyridine rings is 1. The van der Waals surface area contributed by atoms with Gasteiger partial charge in [-0.1, -0.05) is 0 Å². The van der Waals surface area contributed by atoms with Crippen molar-refractivity contribution in [2.24, 2.45) is 0 Å². The lowest BCUT2D eigenvalue weighted by Gasteiger charge is -2.07. The molecule has 3 amide bonds. The minimum absolute atomic E-state index is 0.0469. The molecule has 106 valence electrons. The first-order valence-corrected chi connectivity index (χ1v) is 5.96. The highest BCUT2D eigenvalue weighted by molar-refractivity contribution is 5.95. The second-order valence-corrected chi connectivity index (χ2v) is 4.30. The molecule has 0 radical (unpaired) electrons. The number of nitrogens with zero attached hydrogens (tertiary/aromatic N) is 1. The summed E-state index contributed by atoms with van der Waals surface area (Å²) < 4.78 is 5.06. The molecule has 1 aromatic heterocycles. The Morgan fingerprint density at radius 1 is 1.35 bits per heavy atom. The summed E-state index contributed by atoms with van der Waals surface area (Å²) in [4.78, 5) is 37.1. The first-order valence-electron chi connectivity index (χ1n) is 5.96. The number of aromatic nitrogens is 1. The largest absolute Gasteiger partial charge is 0.482 e. The Morgan fingerprint density at radius 2 is 2.10 bits per heavy atom. The van der Waals surface area contributed by atoms with Crippen molar-refractivity contribution >= 4 is 17.9 Å². The standard InChI is InChI=1S/C12H13N3O5/c16-10(15-12(19)14-8-1-2-8)6-20-9-3-7(11(17)18)4-13-5-9/h3-5,8H,1-2,6H2,(H,17,18)(H2,14,15,16,19). The summed E-state index contributed by atoms with van der Waals surface area (Å²) in [5, 5.41) is 13.5. The monoisotopic (exact) mass is 279 g/mol. The van der Waals surface area contributed by atoms with Crippen LogP contribution in [-0.2, 0) is 4.79 Å². The lowest BCUT2D eigenvalue weighted by molar-refractivity contribution is -0.122. The van der Waals surface area contributed by atoms with Gasteiger partial charge in [0.2, 0.25) is 0 Å². The van der Waals surface area contributed by atoms with Crippen molar-refractivity contribution in [2.75, 3.05) is 6.61 Å². The number of imide groups is 1. The number of carbonyl (C=O) groups excluding carboxylic acids is 2. The number of hydrogen-bond donors (Lipinski definition) is 3. The lowest BCUT2D eigenvalue weighted by Crippen LogP contribution is -2.42. The van der Waals surface area contributed by atoms with E-state index in [-0.39, 0.29) is 17.4 Å². The van der Waals surface area contributed by atoms with Gasteiger partial charge in [-0.25, -0.2) is 9.59 Å². The number of amides is 3. The third-order valence-corrected chi connectivity index (χ3v) is 2.50. The van der Waals surface area contributed by atoms with Gasteiger partial charge in [0.05, 0.1) is 11.8 Å². The Balaban J connectivity index is 1.78. The van der Waals surface area contributed by atoms with Crippen LogP contribution in [0.1, 0.15) is 23.2 Å². The summed E-state index contributed by atoms with van der Waals surface area (Å²) in [6, 6.07) is 0.839. The maximum atomic E-state index is 11.4. The summed E-state index contributed by atoms with van der Waals surface area (Å²) >= 11 is 0. The van der Waals surface area contributed by atoms with Gasteiger partial charge in [-0.2, -0.15) is 0 Å². The minimum Gasteiger partial charge on any atom is -0.482 e. The van der Waals surface area contributed by atoms with Crippen molar-refractivity contribution in [3.05, 3.63) is 24.0 Å². The number of carbonyl (C=O) groups is 3. The second kappa shape index (κ2) is 6.00. The van der Waals surface area contributed by atoms with Gasteiger partial charge in [0, 0.05) is 12.2 Å². The molecule has 0 unspecified atom stereocenters.